The summed E-state index contributed by atoms with van der Waals surface area (Å²) in [6, 6.07) is 30.4. The first kappa shape index (κ1) is 75.3. The van der Waals surface area contributed by atoms with Crippen molar-refractivity contribution in [1.82, 2.24) is 43.4 Å². The highest BCUT2D eigenvalue weighted by molar-refractivity contribution is 5.88. The molecule has 6 saturated carbocycles. The first-order valence-corrected chi connectivity index (χ1v) is 45.4. The van der Waals surface area contributed by atoms with Crippen LogP contribution in [0.15, 0.2) is 99.5 Å². The second-order valence-corrected chi connectivity index (χ2v) is 39.7. The number of aliphatic hydroxyl groups excluding tert-OH is 1. The van der Waals surface area contributed by atoms with Crippen molar-refractivity contribution in [2.24, 2.45) is 59.2 Å². The second kappa shape index (κ2) is 31.0. The fraction of sp³-hybridized carbons (Fsp3) is 0.702. The third-order valence-corrected chi connectivity index (χ3v) is 32.4. The summed E-state index contributed by atoms with van der Waals surface area (Å²) in [5.74, 6) is 10.3. The molecule has 12 heterocycles. The number of Topliss-reactive ketones (excluding diaryl/α,β-unsaturated/α-hetero) is 2. The summed E-state index contributed by atoms with van der Waals surface area (Å²) >= 11 is 0. The van der Waals surface area contributed by atoms with E-state index in [2.05, 4.69) is 74.0 Å². The molecular weight excluding hydrogens is 1390 g/mol. The SMILES string of the molecule is C=C(O)C1CN(c2nc3ccccc3n(C3CC4CCCC(C3)N4C3CC4CC(C)CC(C4)C3)c2=O)C1.CC(=O)C1CCN1c1nc2ccccc2n(C2CC3CCCC(C2)N3C2CC3CC(C)CC(C3)C2)c1=O.CCC1CC2CC(C1)CC(N1C3CCCC1CC(n1c(=O)c(N4CCC4C(C)=O)nc4ccccc41)C3)C2. The number of carbonyl (C=O) groups excluding carboxylic acids is 2. The van der Waals surface area contributed by atoms with Gasteiger partial charge in [-0.25, -0.2) is 15.0 Å². The summed E-state index contributed by atoms with van der Waals surface area (Å²) in [5, 5.41) is 9.80. The first-order valence-electron chi connectivity index (χ1n) is 45.4. The topological polar surface area (TPSA) is 178 Å². The molecule has 15 aliphatic rings. The van der Waals surface area contributed by atoms with Gasteiger partial charge in [0.05, 0.1) is 56.9 Å². The van der Waals surface area contributed by atoms with E-state index in [-0.39, 0.29) is 70.1 Å². The average Bonchev–Trinajstić information content (AvgIpc) is 0.746. The molecule has 1 N–H and O–H groups in total. The Morgan fingerprint density at radius 2 is 0.696 bits per heavy atom. The molecule has 6 aliphatic carbocycles. The summed E-state index contributed by atoms with van der Waals surface area (Å²) in [6.45, 7) is 17.0. The Bertz CT molecular complexity index is 4610. The molecule has 3 aromatic carbocycles. The Hall–Kier alpha value is -6.76. The van der Waals surface area contributed by atoms with Crippen molar-refractivity contribution in [1.29, 1.82) is 0 Å². The lowest BCUT2D eigenvalue weighted by Gasteiger charge is -2.56. The van der Waals surface area contributed by atoms with Crippen molar-refractivity contribution >= 4 is 62.1 Å². The zero-order chi connectivity index (χ0) is 76.5. The molecule has 18 nitrogen and oxygen atoms in total. The molecule has 14 unspecified atom stereocenters. The summed E-state index contributed by atoms with van der Waals surface area (Å²) < 4.78 is 6.29. The standard InChI is InChI=1S/C32H44N4O2.2C31H42N4O2/c1-3-21-13-22-15-23(14-21)17-26(16-22)35-24-7-6-8-25(35)19-27(18-24)36-30-10-5-4-9-28(30)33-31(32(36)38)34-12-11-29(34)20(2)37;1-19-10-21-12-22(11-19)14-26(13-21)34-24-6-5-7-25(34)16-27(15-24)35-29-9-4-3-8-28(29)32-30(31(35)37)33-17-23(18-33)20(2)36;1-19-12-21-14-22(13-19)16-25(15-21)34-23-6-5-7-24(34)18-26(17-23)35-29-9-4-3-8-27(29)32-30(31(35)37)33-11-10-28(33)20(2)36/h4-5,9-10,21-27,29H,3,6-8,11-19H2,1-2H3;3-4,8-9,19,21-27,36H,2,5-7,10-18H2,1H3;3-4,8-9,19,21-26,28H,5-7,10-18H2,1-2H3. The molecule has 0 radical (unpaired) electrons. The number of benzene rings is 3. The predicted octanol–water partition coefficient (Wildman–Crippen LogP) is 16.7. The van der Waals surface area contributed by atoms with Gasteiger partial charge in [0.25, 0.3) is 16.7 Å². The van der Waals surface area contributed by atoms with Crippen LogP contribution in [-0.2, 0) is 9.59 Å². The zero-order valence-corrected chi connectivity index (χ0v) is 68.0. The van der Waals surface area contributed by atoms with Gasteiger partial charge in [-0.05, 0) is 290 Å². The largest absolute Gasteiger partial charge is 0.513 e. The van der Waals surface area contributed by atoms with Gasteiger partial charge in [0.2, 0.25) is 0 Å². The van der Waals surface area contributed by atoms with Crippen LogP contribution in [0.25, 0.3) is 33.1 Å². The van der Waals surface area contributed by atoms with Crippen molar-refractivity contribution < 1.29 is 14.7 Å². The van der Waals surface area contributed by atoms with E-state index in [1.54, 1.807) is 13.8 Å². The quantitative estimate of drug-likeness (QED) is 0.108. The highest BCUT2D eigenvalue weighted by atomic mass is 16.3. The number of ketones is 2. The van der Waals surface area contributed by atoms with Crippen LogP contribution >= 0.6 is 0 Å². The van der Waals surface area contributed by atoms with Crippen LogP contribution in [0.4, 0.5) is 17.5 Å². The smallest absolute Gasteiger partial charge is 0.294 e. The van der Waals surface area contributed by atoms with Crippen LogP contribution in [0.1, 0.15) is 265 Å². The Morgan fingerprint density at radius 1 is 0.393 bits per heavy atom. The maximum Gasteiger partial charge on any atom is 0.294 e. The van der Waals surface area contributed by atoms with Gasteiger partial charge in [0.1, 0.15) is 0 Å². The lowest BCUT2D eigenvalue weighted by Crippen LogP contribution is -2.59. The number of carbonyl (C=O) groups is 2. The Morgan fingerprint density at radius 3 is 0.991 bits per heavy atom. The molecule has 12 bridgehead atoms. The van der Waals surface area contributed by atoms with Gasteiger partial charge in [-0.15, -0.1) is 0 Å². The molecule has 14 atom stereocenters. The van der Waals surface area contributed by atoms with E-state index >= 15 is 0 Å². The summed E-state index contributed by atoms with van der Waals surface area (Å²) in [5.41, 5.74) is 5.56. The monoisotopic (exact) mass is 1520 g/mol. The Kier molecular flexibility index (Phi) is 20.9. The number of rotatable bonds is 13. The van der Waals surface area contributed by atoms with Crippen LogP contribution in [-0.4, -0.2) is 153 Å². The molecule has 112 heavy (non-hydrogen) atoms. The molecule has 6 aromatic rings. The van der Waals surface area contributed by atoms with E-state index in [1.807, 2.05) is 69.3 Å². The van der Waals surface area contributed by atoms with Gasteiger partial charge < -0.3 is 33.5 Å². The Balaban J connectivity index is 0.000000113. The highest BCUT2D eigenvalue weighted by Crippen LogP contribution is 2.54. The number of aromatic nitrogens is 6. The van der Waals surface area contributed by atoms with E-state index in [0.29, 0.717) is 66.8 Å². The van der Waals surface area contributed by atoms with Gasteiger partial charge in [0, 0.05) is 98.7 Å². The minimum absolute atomic E-state index is 0.00218. The minimum atomic E-state index is -0.205. The number of aliphatic hydroxyl groups is 1. The normalized spacial score (nSPS) is 37.1. The van der Waals surface area contributed by atoms with Gasteiger partial charge in [-0.2, -0.15) is 0 Å². The summed E-state index contributed by atoms with van der Waals surface area (Å²) in [7, 11) is 0. The number of hydrogen-bond donors (Lipinski definition) is 1. The number of piperidine rings is 6. The van der Waals surface area contributed by atoms with Gasteiger partial charge in [-0.1, -0.05) is 89.4 Å². The highest BCUT2D eigenvalue weighted by Gasteiger charge is 2.52. The molecule has 21 rings (SSSR count). The number of fused-ring (bicyclic) bond motifs is 15. The first-order chi connectivity index (χ1) is 54.4. The molecule has 600 valence electrons. The third-order valence-electron chi connectivity index (χ3n) is 32.4. The van der Waals surface area contributed by atoms with Crippen molar-refractivity contribution in [3.63, 3.8) is 0 Å². The van der Waals surface area contributed by atoms with E-state index in [1.165, 1.54) is 161 Å². The lowest BCUT2D eigenvalue weighted by atomic mass is 9.64. The number of para-hydroxylation sites is 6. The number of anilines is 3. The zero-order valence-electron chi connectivity index (χ0n) is 68.0. The molecule has 15 fully saturated rings. The van der Waals surface area contributed by atoms with Crippen LogP contribution in [0.2, 0.25) is 0 Å². The summed E-state index contributed by atoms with van der Waals surface area (Å²) in [6.07, 6.45) is 42.3. The summed E-state index contributed by atoms with van der Waals surface area (Å²) in [4.78, 5) is 95.9. The molecule has 18 heteroatoms. The third kappa shape index (κ3) is 14.1. The predicted molar refractivity (Wildman–Crippen MR) is 447 cm³/mol. The fourth-order valence-electron chi connectivity index (χ4n) is 28.0. The molecule has 3 aromatic heterocycles. The Labute approximate surface area is 663 Å². The molecular formula is C94H128N12O6. The van der Waals surface area contributed by atoms with Crippen molar-refractivity contribution in [3.05, 3.63) is 116 Å². The van der Waals surface area contributed by atoms with E-state index in [4.69, 9.17) is 15.0 Å². The molecule has 9 aliphatic heterocycles. The average molecular weight is 1520 g/mol. The van der Waals surface area contributed by atoms with E-state index in [9.17, 15) is 29.1 Å². The van der Waals surface area contributed by atoms with Gasteiger partial charge in [-0.3, -0.25) is 38.7 Å². The van der Waals surface area contributed by atoms with Crippen molar-refractivity contribution in [2.75, 3.05) is 40.9 Å². The lowest BCUT2D eigenvalue weighted by molar-refractivity contribution is -0.120. The fourth-order valence-corrected chi connectivity index (χ4v) is 28.0. The molecule has 0 spiro atoms. The second-order valence-electron chi connectivity index (χ2n) is 39.7. The van der Waals surface area contributed by atoms with Gasteiger partial charge >= 0.3 is 0 Å². The van der Waals surface area contributed by atoms with Crippen molar-refractivity contribution in [3.8, 4) is 0 Å². The maximum atomic E-state index is 14.1. The van der Waals surface area contributed by atoms with Crippen LogP contribution < -0.4 is 31.4 Å². The van der Waals surface area contributed by atoms with Gasteiger partial charge in [0.15, 0.2) is 29.0 Å². The van der Waals surface area contributed by atoms with Crippen LogP contribution in [0.5, 0.6) is 0 Å². The molecule has 9 saturated heterocycles. The minimum Gasteiger partial charge on any atom is -0.513 e. The molecule has 0 amide bonds. The van der Waals surface area contributed by atoms with Crippen molar-refractivity contribution in [2.45, 2.75) is 331 Å². The van der Waals surface area contributed by atoms with Crippen LogP contribution in [0.3, 0.4) is 0 Å². The number of nitrogens with zero attached hydrogens (tertiary/aromatic N) is 12. The van der Waals surface area contributed by atoms with E-state index < -0.39 is 0 Å². The van der Waals surface area contributed by atoms with Crippen LogP contribution in [0, 0.1) is 59.2 Å². The number of hydrogen-bond acceptors (Lipinski definition) is 15. The van der Waals surface area contributed by atoms with E-state index in [0.717, 1.165) is 169 Å². The maximum absolute atomic E-state index is 14.1.